The first-order valence-corrected chi connectivity index (χ1v) is 5.86. The fourth-order valence-corrected chi connectivity index (χ4v) is 1.70. The number of rotatable bonds is 5. The highest BCUT2D eigenvalue weighted by Crippen LogP contribution is 2.15. The van der Waals surface area contributed by atoms with Crippen molar-refractivity contribution in [3.8, 4) is 0 Å². The van der Waals surface area contributed by atoms with E-state index in [4.69, 9.17) is 19.3 Å². The number of hydrogen-bond donors (Lipinski definition) is 1. The van der Waals surface area contributed by atoms with Crippen molar-refractivity contribution in [2.75, 3.05) is 13.2 Å². The molecule has 0 saturated carbocycles. The molecule has 0 bridgehead atoms. The minimum atomic E-state index is -0.949. The van der Waals surface area contributed by atoms with Gasteiger partial charge in [-0.05, 0) is 12.1 Å². The molecule has 1 heterocycles. The summed E-state index contributed by atoms with van der Waals surface area (Å²) in [5.41, 5.74) is 0.447. The summed E-state index contributed by atoms with van der Waals surface area (Å²) in [5, 5.41) is 8.61. The van der Waals surface area contributed by atoms with E-state index in [2.05, 4.69) is 0 Å². The van der Waals surface area contributed by atoms with Crippen molar-refractivity contribution in [3.05, 3.63) is 35.9 Å². The van der Waals surface area contributed by atoms with Crippen molar-refractivity contribution in [3.63, 3.8) is 0 Å². The Balaban J connectivity index is 1.75. The maximum atomic E-state index is 11.6. The van der Waals surface area contributed by atoms with Crippen LogP contribution in [-0.2, 0) is 19.0 Å². The summed E-state index contributed by atoms with van der Waals surface area (Å²) in [6.45, 7) is 0.143. The highest BCUT2D eigenvalue weighted by molar-refractivity contribution is 5.89. The Kier molecular flexibility index (Phi) is 4.48. The zero-order valence-corrected chi connectivity index (χ0v) is 10.2. The molecule has 2 unspecified atom stereocenters. The summed E-state index contributed by atoms with van der Waals surface area (Å²) >= 11 is 0. The van der Waals surface area contributed by atoms with Gasteiger partial charge in [0, 0.05) is 0 Å². The third-order valence-electron chi connectivity index (χ3n) is 2.57. The first kappa shape index (κ1) is 13.5. The Bertz CT molecular complexity index is 444. The number of carboxylic acid groups (broad SMARTS) is 1. The summed E-state index contributed by atoms with van der Waals surface area (Å²) in [6.07, 6.45) is -1.31. The number of carbonyl (C=O) groups is 2. The second-order valence-electron chi connectivity index (χ2n) is 4.08. The molecule has 0 aliphatic carbocycles. The Hall–Kier alpha value is -1.92. The number of aliphatic carboxylic acids is 1. The van der Waals surface area contributed by atoms with Crippen molar-refractivity contribution in [2.24, 2.45) is 0 Å². The third-order valence-corrected chi connectivity index (χ3v) is 2.57. The first-order chi connectivity index (χ1) is 9.15. The van der Waals surface area contributed by atoms with Crippen LogP contribution in [0, 0.1) is 0 Å². The molecular weight excluding hydrogens is 252 g/mol. The van der Waals surface area contributed by atoms with Crippen LogP contribution in [0.5, 0.6) is 0 Å². The Morgan fingerprint density at radius 3 is 2.74 bits per heavy atom. The standard InChI is InChI=1S/C13H14O6/c14-11(15)6-10-7-17-12(19-10)8-18-13(16)9-4-2-1-3-5-9/h1-5,10,12H,6-8H2,(H,14,15). The molecule has 6 nitrogen and oxygen atoms in total. The molecule has 19 heavy (non-hydrogen) atoms. The van der Waals surface area contributed by atoms with Gasteiger partial charge in [-0.25, -0.2) is 4.79 Å². The molecule has 1 aliphatic rings. The second kappa shape index (κ2) is 6.31. The van der Waals surface area contributed by atoms with Gasteiger partial charge in [-0.15, -0.1) is 0 Å². The molecule has 1 aromatic carbocycles. The van der Waals surface area contributed by atoms with Gasteiger partial charge in [0.15, 0.2) is 6.29 Å². The fourth-order valence-electron chi connectivity index (χ4n) is 1.70. The highest BCUT2D eigenvalue weighted by Gasteiger charge is 2.28. The quantitative estimate of drug-likeness (QED) is 0.802. The summed E-state index contributed by atoms with van der Waals surface area (Å²) in [4.78, 5) is 22.1. The van der Waals surface area contributed by atoms with E-state index in [1.165, 1.54) is 0 Å². The van der Waals surface area contributed by atoms with Gasteiger partial charge in [0.1, 0.15) is 6.61 Å². The van der Waals surface area contributed by atoms with Crippen LogP contribution in [-0.4, -0.2) is 42.7 Å². The van der Waals surface area contributed by atoms with Gasteiger partial charge >= 0.3 is 11.9 Å². The summed E-state index contributed by atoms with van der Waals surface area (Å²) in [5.74, 6) is -1.41. The van der Waals surface area contributed by atoms with Crippen LogP contribution in [0.1, 0.15) is 16.8 Å². The Morgan fingerprint density at radius 1 is 1.32 bits per heavy atom. The summed E-state index contributed by atoms with van der Waals surface area (Å²) in [6, 6.07) is 8.57. The normalized spacial score (nSPS) is 22.1. The molecule has 0 spiro atoms. The van der Waals surface area contributed by atoms with Crippen LogP contribution >= 0.6 is 0 Å². The lowest BCUT2D eigenvalue weighted by molar-refractivity contribution is -0.141. The van der Waals surface area contributed by atoms with Crippen LogP contribution in [0.4, 0.5) is 0 Å². The summed E-state index contributed by atoms with van der Waals surface area (Å²) < 4.78 is 15.5. The molecule has 2 rings (SSSR count). The number of carboxylic acids is 1. The van der Waals surface area contributed by atoms with E-state index in [9.17, 15) is 9.59 Å². The van der Waals surface area contributed by atoms with Gasteiger partial charge in [0.2, 0.25) is 0 Å². The van der Waals surface area contributed by atoms with E-state index in [0.29, 0.717) is 5.56 Å². The van der Waals surface area contributed by atoms with Gasteiger partial charge in [0.05, 0.1) is 24.7 Å². The topological polar surface area (TPSA) is 82.1 Å². The minimum Gasteiger partial charge on any atom is -0.481 e. The van der Waals surface area contributed by atoms with Crippen LogP contribution in [0.15, 0.2) is 30.3 Å². The van der Waals surface area contributed by atoms with Gasteiger partial charge in [-0.1, -0.05) is 18.2 Å². The van der Waals surface area contributed by atoms with Crippen molar-refractivity contribution < 1.29 is 28.9 Å². The van der Waals surface area contributed by atoms with Crippen LogP contribution in [0.3, 0.4) is 0 Å². The van der Waals surface area contributed by atoms with Crippen molar-refractivity contribution in [2.45, 2.75) is 18.8 Å². The fraction of sp³-hybridized carbons (Fsp3) is 0.385. The maximum absolute atomic E-state index is 11.6. The average Bonchev–Trinajstić information content (AvgIpc) is 2.84. The van der Waals surface area contributed by atoms with Crippen LogP contribution < -0.4 is 0 Å². The van der Waals surface area contributed by atoms with E-state index in [1.807, 2.05) is 0 Å². The molecule has 0 amide bonds. The number of carbonyl (C=O) groups excluding carboxylic acids is 1. The number of esters is 1. The van der Waals surface area contributed by atoms with Gasteiger partial charge < -0.3 is 19.3 Å². The van der Waals surface area contributed by atoms with Gasteiger partial charge in [0.25, 0.3) is 0 Å². The predicted octanol–water partition coefficient (Wildman–Crippen LogP) is 1.06. The summed E-state index contributed by atoms with van der Waals surface area (Å²) in [7, 11) is 0. The minimum absolute atomic E-state index is 0.0517. The van der Waals surface area contributed by atoms with Crippen LogP contribution in [0.25, 0.3) is 0 Å². The number of hydrogen-bond acceptors (Lipinski definition) is 5. The van der Waals surface area contributed by atoms with E-state index < -0.39 is 24.3 Å². The predicted molar refractivity (Wildman–Crippen MR) is 63.6 cm³/mol. The third kappa shape index (κ3) is 4.04. The van der Waals surface area contributed by atoms with Crippen molar-refractivity contribution >= 4 is 11.9 Å². The Labute approximate surface area is 109 Å². The molecule has 1 saturated heterocycles. The number of ether oxygens (including phenoxy) is 3. The largest absolute Gasteiger partial charge is 0.481 e. The zero-order valence-electron chi connectivity index (χ0n) is 10.2. The molecule has 102 valence electrons. The zero-order chi connectivity index (χ0) is 13.7. The Morgan fingerprint density at radius 2 is 2.05 bits per heavy atom. The number of benzene rings is 1. The molecule has 2 atom stereocenters. The lowest BCUT2D eigenvalue weighted by Crippen LogP contribution is -2.21. The highest BCUT2D eigenvalue weighted by atomic mass is 16.7. The molecular formula is C13H14O6. The average molecular weight is 266 g/mol. The molecule has 6 heteroatoms. The van der Waals surface area contributed by atoms with E-state index in [-0.39, 0.29) is 19.6 Å². The molecule has 0 radical (unpaired) electrons. The molecule has 1 fully saturated rings. The monoisotopic (exact) mass is 266 g/mol. The van der Waals surface area contributed by atoms with E-state index in [1.54, 1.807) is 30.3 Å². The smallest absolute Gasteiger partial charge is 0.338 e. The maximum Gasteiger partial charge on any atom is 0.338 e. The molecule has 1 aliphatic heterocycles. The van der Waals surface area contributed by atoms with Gasteiger partial charge in [-0.2, -0.15) is 0 Å². The SMILES string of the molecule is O=C(O)CC1COC(COC(=O)c2ccccc2)O1. The first-order valence-electron chi connectivity index (χ1n) is 5.86. The second-order valence-corrected chi connectivity index (χ2v) is 4.08. The molecule has 1 aromatic rings. The molecule has 0 aromatic heterocycles. The van der Waals surface area contributed by atoms with Gasteiger partial charge in [-0.3, -0.25) is 4.79 Å². The lowest BCUT2D eigenvalue weighted by atomic mass is 10.2. The van der Waals surface area contributed by atoms with E-state index >= 15 is 0 Å². The van der Waals surface area contributed by atoms with Crippen molar-refractivity contribution in [1.82, 2.24) is 0 Å². The van der Waals surface area contributed by atoms with Crippen LogP contribution in [0.2, 0.25) is 0 Å². The molecule has 1 N–H and O–H groups in total. The van der Waals surface area contributed by atoms with E-state index in [0.717, 1.165) is 0 Å². The van der Waals surface area contributed by atoms with Crippen molar-refractivity contribution in [1.29, 1.82) is 0 Å². The lowest BCUT2D eigenvalue weighted by Gasteiger charge is -2.11.